The Labute approximate surface area is 104 Å². The summed E-state index contributed by atoms with van der Waals surface area (Å²) in [5.74, 6) is -2.15. The third kappa shape index (κ3) is 3.05. The second kappa shape index (κ2) is 4.65. The first-order chi connectivity index (χ1) is 8.04. The van der Waals surface area contributed by atoms with E-state index in [-0.39, 0.29) is 0 Å². The second-order valence-corrected chi connectivity index (χ2v) is 4.88. The number of carboxylic acid groups (broad SMARTS) is 1. The van der Waals surface area contributed by atoms with Crippen LogP contribution in [0.2, 0.25) is 5.02 Å². The number of carbonyl (C=O) groups is 1. The summed E-state index contributed by atoms with van der Waals surface area (Å²) in [6.07, 6.45) is 0. The number of benzene rings is 1. The van der Waals surface area contributed by atoms with Gasteiger partial charge in [0.05, 0.1) is 10.6 Å². The standard InChI is InChI=1S/C8H4ClF3O5S/c9-6-3-4(1-2-5(6)7(13)14)17-18(15,16)8(10,11)12/h1-3H,(H,13,14). The summed E-state index contributed by atoms with van der Waals surface area (Å²) < 4.78 is 61.0. The van der Waals surface area contributed by atoms with Crippen LogP contribution in [0.25, 0.3) is 0 Å². The lowest BCUT2D eigenvalue weighted by atomic mass is 10.2. The van der Waals surface area contributed by atoms with Gasteiger partial charge in [0.15, 0.2) is 0 Å². The van der Waals surface area contributed by atoms with Crippen LogP contribution in [0.5, 0.6) is 5.75 Å². The highest BCUT2D eigenvalue weighted by Crippen LogP contribution is 2.29. The Morgan fingerprint density at radius 2 is 1.89 bits per heavy atom. The molecule has 1 rings (SSSR count). The van der Waals surface area contributed by atoms with Crippen molar-refractivity contribution in [3.8, 4) is 5.75 Å². The van der Waals surface area contributed by atoms with Crippen molar-refractivity contribution in [2.45, 2.75) is 5.51 Å². The lowest BCUT2D eigenvalue weighted by molar-refractivity contribution is -0.0500. The molecule has 1 aromatic carbocycles. The lowest BCUT2D eigenvalue weighted by Crippen LogP contribution is -2.28. The van der Waals surface area contributed by atoms with Crippen LogP contribution in [-0.2, 0) is 10.1 Å². The predicted octanol–water partition coefficient (Wildman–Crippen LogP) is 2.27. The first-order valence-electron chi connectivity index (χ1n) is 4.08. The highest BCUT2D eigenvalue weighted by atomic mass is 35.5. The zero-order valence-corrected chi connectivity index (χ0v) is 9.80. The molecule has 100 valence electrons. The number of aromatic carboxylic acids is 1. The molecule has 0 saturated carbocycles. The predicted molar refractivity (Wildman–Crippen MR) is 54.0 cm³/mol. The molecule has 18 heavy (non-hydrogen) atoms. The van der Waals surface area contributed by atoms with E-state index in [4.69, 9.17) is 16.7 Å². The Balaban J connectivity index is 3.09. The minimum atomic E-state index is -5.81. The fraction of sp³-hybridized carbons (Fsp3) is 0.125. The van der Waals surface area contributed by atoms with Crippen molar-refractivity contribution in [2.24, 2.45) is 0 Å². The number of alkyl halides is 3. The monoisotopic (exact) mass is 304 g/mol. The Morgan fingerprint density at radius 3 is 2.28 bits per heavy atom. The molecule has 0 aliphatic carbocycles. The van der Waals surface area contributed by atoms with Gasteiger partial charge in [0.1, 0.15) is 5.75 Å². The minimum Gasteiger partial charge on any atom is -0.478 e. The maximum atomic E-state index is 12.0. The zero-order chi connectivity index (χ0) is 14.1. The molecule has 0 bridgehead atoms. The molecule has 0 aliphatic rings. The van der Waals surface area contributed by atoms with Gasteiger partial charge in [-0.05, 0) is 12.1 Å². The van der Waals surface area contributed by atoms with Crippen LogP contribution < -0.4 is 4.18 Å². The number of hydrogen-bond donors (Lipinski definition) is 1. The molecule has 5 nitrogen and oxygen atoms in total. The van der Waals surface area contributed by atoms with E-state index < -0.39 is 37.9 Å². The zero-order valence-electron chi connectivity index (χ0n) is 8.23. The molecular weight excluding hydrogens is 301 g/mol. The summed E-state index contributed by atoms with van der Waals surface area (Å²) in [4.78, 5) is 10.6. The number of halogens is 4. The number of hydrogen-bond acceptors (Lipinski definition) is 4. The van der Waals surface area contributed by atoms with Crippen LogP contribution in [-0.4, -0.2) is 25.0 Å². The highest BCUT2D eigenvalue weighted by Gasteiger charge is 2.48. The number of carboxylic acids is 1. The maximum absolute atomic E-state index is 12.0. The lowest BCUT2D eigenvalue weighted by Gasteiger charge is -2.09. The van der Waals surface area contributed by atoms with Gasteiger partial charge in [-0.3, -0.25) is 0 Å². The van der Waals surface area contributed by atoms with E-state index in [2.05, 4.69) is 4.18 Å². The number of rotatable bonds is 3. The van der Waals surface area contributed by atoms with Crippen LogP contribution in [0.1, 0.15) is 10.4 Å². The first kappa shape index (κ1) is 14.6. The van der Waals surface area contributed by atoms with Crippen molar-refractivity contribution in [3.63, 3.8) is 0 Å². The van der Waals surface area contributed by atoms with Crippen LogP contribution in [0.15, 0.2) is 18.2 Å². The molecule has 0 spiro atoms. The third-order valence-electron chi connectivity index (χ3n) is 1.66. The molecule has 0 unspecified atom stereocenters. The van der Waals surface area contributed by atoms with Gasteiger partial charge in [0.2, 0.25) is 0 Å². The first-order valence-corrected chi connectivity index (χ1v) is 5.87. The van der Waals surface area contributed by atoms with E-state index in [1.807, 2.05) is 0 Å². The van der Waals surface area contributed by atoms with Crippen LogP contribution in [0.4, 0.5) is 13.2 Å². The quantitative estimate of drug-likeness (QED) is 0.684. The van der Waals surface area contributed by atoms with Gasteiger partial charge in [-0.15, -0.1) is 0 Å². The van der Waals surface area contributed by atoms with Gasteiger partial charge in [-0.1, -0.05) is 11.6 Å². The van der Waals surface area contributed by atoms with Crippen molar-refractivity contribution >= 4 is 27.7 Å². The van der Waals surface area contributed by atoms with Gasteiger partial charge >= 0.3 is 21.6 Å². The highest BCUT2D eigenvalue weighted by molar-refractivity contribution is 7.88. The van der Waals surface area contributed by atoms with Crippen LogP contribution >= 0.6 is 11.6 Å². The molecule has 0 heterocycles. The largest absolute Gasteiger partial charge is 0.534 e. The maximum Gasteiger partial charge on any atom is 0.534 e. The van der Waals surface area contributed by atoms with E-state index >= 15 is 0 Å². The molecular formula is C8H4ClF3O5S. The molecule has 0 radical (unpaired) electrons. The Kier molecular flexibility index (Phi) is 3.77. The summed E-state index contributed by atoms with van der Waals surface area (Å²) in [6, 6.07) is 2.23. The molecule has 0 aromatic heterocycles. The fourth-order valence-corrected chi connectivity index (χ4v) is 1.60. The van der Waals surface area contributed by atoms with Crippen LogP contribution in [0, 0.1) is 0 Å². The normalized spacial score (nSPS) is 12.2. The topological polar surface area (TPSA) is 80.7 Å². The van der Waals surface area contributed by atoms with E-state index in [1.165, 1.54) is 0 Å². The molecule has 0 aliphatic heterocycles. The SMILES string of the molecule is O=C(O)c1ccc(OS(=O)(=O)C(F)(F)F)cc1Cl. The molecule has 1 N–H and O–H groups in total. The summed E-state index contributed by atoms with van der Waals surface area (Å²) >= 11 is 5.43. The van der Waals surface area contributed by atoms with E-state index in [0.717, 1.165) is 12.1 Å². The molecule has 1 aromatic rings. The van der Waals surface area contributed by atoms with Gasteiger partial charge in [0, 0.05) is 6.07 Å². The minimum absolute atomic E-state index is 0.395. The van der Waals surface area contributed by atoms with Crippen molar-refractivity contribution in [1.29, 1.82) is 0 Å². The molecule has 0 saturated heterocycles. The average Bonchev–Trinajstić information content (AvgIpc) is 2.14. The summed E-state index contributed by atoms with van der Waals surface area (Å²) in [5, 5.41) is 8.15. The fourth-order valence-electron chi connectivity index (χ4n) is 0.895. The van der Waals surface area contributed by atoms with Crippen molar-refractivity contribution in [1.82, 2.24) is 0 Å². The summed E-state index contributed by atoms with van der Waals surface area (Å²) in [5.41, 5.74) is -5.97. The van der Waals surface area contributed by atoms with Gasteiger partial charge < -0.3 is 9.29 Å². The Hall–Kier alpha value is -1.48. The smallest absolute Gasteiger partial charge is 0.478 e. The summed E-state index contributed by atoms with van der Waals surface area (Å²) in [7, 11) is -5.81. The molecule has 10 heteroatoms. The molecule has 0 fully saturated rings. The van der Waals surface area contributed by atoms with Gasteiger partial charge in [0.25, 0.3) is 0 Å². The van der Waals surface area contributed by atoms with E-state index in [1.54, 1.807) is 0 Å². The van der Waals surface area contributed by atoms with Crippen molar-refractivity contribution < 1.29 is 35.7 Å². The molecule has 0 atom stereocenters. The van der Waals surface area contributed by atoms with Gasteiger partial charge in [-0.25, -0.2) is 4.79 Å². The van der Waals surface area contributed by atoms with E-state index in [0.29, 0.717) is 6.07 Å². The average molecular weight is 305 g/mol. The Morgan fingerprint density at radius 1 is 1.33 bits per heavy atom. The van der Waals surface area contributed by atoms with Crippen LogP contribution in [0.3, 0.4) is 0 Å². The third-order valence-corrected chi connectivity index (χ3v) is 2.95. The van der Waals surface area contributed by atoms with Crippen molar-refractivity contribution in [2.75, 3.05) is 0 Å². The van der Waals surface area contributed by atoms with Gasteiger partial charge in [-0.2, -0.15) is 21.6 Å². The summed E-state index contributed by atoms with van der Waals surface area (Å²) in [6.45, 7) is 0. The van der Waals surface area contributed by atoms with Crippen molar-refractivity contribution in [3.05, 3.63) is 28.8 Å². The Bertz CT molecular complexity index is 581. The van der Waals surface area contributed by atoms with E-state index in [9.17, 15) is 26.4 Å². The second-order valence-electron chi connectivity index (χ2n) is 2.93. The molecule has 0 amide bonds.